The molecule has 0 aromatic carbocycles. The number of carbonyl (C=O) groups excluding carboxylic acids is 3. The van der Waals surface area contributed by atoms with Gasteiger partial charge in [-0.15, -0.1) is 0 Å². The molecule has 0 radical (unpaired) electrons. The second-order valence-corrected chi connectivity index (χ2v) is 7.71. The first-order chi connectivity index (χ1) is 12.4. The van der Waals surface area contributed by atoms with E-state index >= 15 is 0 Å². The van der Waals surface area contributed by atoms with Crippen LogP contribution in [-0.2, 0) is 23.9 Å². The van der Waals surface area contributed by atoms with E-state index in [1.54, 1.807) is 18.6 Å². The Morgan fingerprint density at radius 1 is 1.31 bits per heavy atom. The molecule has 138 valence electrons. The largest absolute Gasteiger partial charge is 0.472 e. The molecule has 0 N–H and O–H groups in total. The average Bonchev–Trinajstić information content (AvgIpc) is 3.27. The fourth-order valence-corrected chi connectivity index (χ4v) is 4.88. The Bertz CT molecular complexity index is 776. The van der Waals surface area contributed by atoms with E-state index in [2.05, 4.69) is 0 Å². The highest BCUT2D eigenvalue weighted by molar-refractivity contribution is 5.94. The van der Waals surface area contributed by atoms with Crippen LogP contribution in [0.15, 0.2) is 34.7 Å². The molecular weight excluding hydrogens is 336 g/mol. The lowest BCUT2D eigenvalue weighted by atomic mass is 9.59. The molecule has 3 heterocycles. The van der Waals surface area contributed by atoms with Crippen LogP contribution >= 0.6 is 0 Å². The van der Waals surface area contributed by atoms with Crippen LogP contribution in [0.25, 0.3) is 0 Å². The molecule has 2 aliphatic heterocycles. The molecule has 2 saturated heterocycles. The lowest BCUT2D eigenvalue weighted by Gasteiger charge is -2.41. The minimum atomic E-state index is -0.643. The number of fused-ring (bicyclic) bond motifs is 1. The summed E-state index contributed by atoms with van der Waals surface area (Å²) in [7, 11) is 0. The maximum Gasteiger partial charge on any atom is 0.334 e. The van der Waals surface area contributed by atoms with Crippen LogP contribution in [0.4, 0.5) is 0 Å². The van der Waals surface area contributed by atoms with Crippen LogP contribution in [0.2, 0.25) is 0 Å². The van der Waals surface area contributed by atoms with Crippen LogP contribution in [0, 0.1) is 17.3 Å². The van der Waals surface area contributed by atoms with Crippen molar-refractivity contribution in [2.24, 2.45) is 17.3 Å². The van der Waals surface area contributed by atoms with E-state index in [9.17, 15) is 14.4 Å². The minimum Gasteiger partial charge on any atom is -0.472 e. The molecule has 4 rings (SSSR count). The third kappa shape index (κ3) is 2.50. The topological polar surface area (TPSA) is 82.8 Å². The zero-order valence-corrected chi connectivity index (χ0v) is 14.9. The summed E-state index contributed by atoms with van der Waals surface area (Å²) >= 11 is 0. The van der Waals surface area contributed by atoms with E-state index in [1.165, 1.54) is 6.92 Å². The number of furan rings is 1. The minimum absolute atomic E-state index is 0.0279. The Balaban J connectivity index is 1.65. The molecule has 5 atom stereocenters. The summed E-state index contributed by atoms with van der Waals surface area (Å²) in [4.78, 5) is 36.7. The van der Waals surface area contributed by atoms with E-state index in [4.69, 9.17) is 13.9 Å². The molecular formula is C20H22O6. The molecule has 0 bridgehead atoms. The van der Waals surface area contributed by atoms with Crippen LogP contribution < -0.4 is 0 Å². The standard InChI is InChI=1S/C20H22O6/c1-11(21)8-17-20(2)14(4-3-5-15(20)19(23)26-17)13-9-16(25-18(13)22)12-6-7-24-10-12/h5-7,10,13-14,16-17H,3-4,8-9H2,1-2H3/t13-,14+,16-,17+,20-/m1/s1. The van der Waals surface area contributed by atoms with Gasteiger partial charge in [-0.3, -0.25) is 9.59 Å². The monoisotopic (exact) mass is 358 g/mol. The number of hydrogen-bond acceptors (Lipinski definition) is 6. The van der Waals surface area contributed by atoms with E-state index in [1.807, 2.05) is 13.0 Å². The van der Waals surface area contributed by atoms with E-state index in [0.717, 1.165) is 18.4 Å². The summed E-state index contributed by atoms with van der Waals surface area (Å²) in [6.07, 6.45) is 6.42. The lowest BCUT2D eigenvalue weighted by molar-refractivity contribution is -0.147. The first kappa shape index (κ1) is 17.1. The first-order valence-electron chi connectivity index (χ1n) is 9.05. The third-order valence-electron chi connectivity index (χ3n) is 6.22. The SMILES string of the molecule is CC(=O)C[C@@H]1OC(=O)C2=CCC[C@@H]([C@H]3C[C@H](c4ccoc4)OC3=O)[C@]21C. The molecule has 0 saturated carbocycles. The van der Waals surface area contributed by atoms with E-state index < -0.39 is 11.5 Å². The van der Waals surface area contributed by atoms with Gasteiger partial charge in [0.2, 0.25) is 0 Å². The van der Waals surface area contributed by atoms with Crippen LogP contribution in [0.5, 0.6) is 0 Å². The average molecular weight is 358 g/mol. The number of Topliss-reactive ketones (excluding diaryl/α,β-unsaturated/α-hetero) is 1. The predicted octanol–water partition coefficient (Wildman–Crippen LogP) is 3.13. The molecule has 3 aliphatic rings. The summed E-state index contributed by atoms with van der Waals surface area (Å²) in [5.41, 5.74) is 0.812. The van der Waals surface area contributed by atoms with Crippen molar-refractivity contribution < 1.29 is 28.3 Å². The predicted molar refractivity (Wildman–Crippen MR) is 89.7 cm³/mol. The van der Waals surface area contributed by atoms with Crippen molar-refractivity contribution in [2.45, 2.75) is 51.7 Å². The van der Waals surface area contributed by atoms with Gasteiger partial charge in [-0.2, -0.15) is 0 Å². The zero-order chi connectivity index (χ0) is 18.5. The summed E-state index contributed by atoms with van der Waals surface area (Å²) in [6.45, 7) is 3.45. The molecule has 1 aliphatic carbocycles. The van der Waals surface area contributed by atoms with Gasteiger partial charge < -0.3 is 13.9 Å². The molecule has 2 fully saturated rings. The Hall–Kier alpha value is -2.37. The number of ether oxygens (including phenoxy) is 2. The molecule has 1 aromatic rings. The molecule has 6 nitrogen and oxygen atoms in total. The Morgan fingerprint density at radius 3 is 2.81 bits per heavy atom. The second kappa shape index (κ2) is 6.11. The number of ketones is 1. The highest BCUT2D eigenvalue weighted by Gasteiger charge is 2.59. The van der Waals surface area contributed by atoms with Gasteiger partial charge in [0.05, 0.1) is 18.4 Å². The highest BCUT2D eigenvalue weighted by Crippen LogP contribution is 2.56. The van der Waals surface area contributed by atoms with Crippen LogP contribution in [-0.4, -0.2) is 23.8 Å². The van der Waals surface area contributed by atoms with Crippen molar-refractivity contribution >= 4 is 17.7 Å². The van der Waals surface area contributed by atoms with Gasteiger partial charge in [-0.1, -0.05) is 13.0 Å². The van der Waals surface area contributed by atoms with Crippen molar-refractivity contribution in [3.8, 4) is 0 Å². The van der Waals surface area contributed by atoms with Gasteiger partial charge in [0.25, 0.3) is 0 Å². The maximum absolute atomic E-state index is 12.7. The van der Waals surface area contributed by atoms with Gasteiger partial charge in [-0.25, -0.2) is 4.79 Å². The number of esters is 2. The van der Waals surface area contributed by atoms with Gasteiger partial charge in [-0.05, 0) is 31.7 Å². The zero-order valence-electron chi connectivity index (χ0n) is 14.9. The summed E-state index contributed by atoms with van der Waals surface area (Å²) < 4.78 is 16.3. The highest BCUT2D eigenvalue weighted by atomic mass is 16.6. The Labute approximate surface area is 151 Å². The van der Waals surface area contributed by atoms with Crippen molar-refractivity contribution in [3.63, 3.8) is 0 Å². The quantitative estimate of drug-likeness (QED) is 0.769. The van der Waals surface area contributed by atoms with E-state index in [0.29, 0.717) is 12.0 Å². The fraction of sp³-hybridized carbons (Fsp3) is 0.550. The maximum atomic E-state index is 12.7. The van der Waals surface area contributed by atoms with Crippen LogP contribution in [0.3, 0.4) is 0 Å². The summed E-state index contributed by atoms with van der Waals surface area (Å²) in [5, 5.41) is 0. The first-order valence-corrected chi connectivity index (χ1v) is 9.05. The van der Waals surface area contributed by atoms with Crippen LogP contribution in [0.1, 0.15) is 51.2 Å². The summed E-state index contributed by atoms with van der Waals surface area (Å²) in [6, 6.07) is 1.80. The van der Waals surface area contributed by atoms with Gasteiger partial charge in [0, 0.05) is 29.4 Å². The van der Waals surface area contributed by atoms with Gasteiger partial charge >= 0.3 is 11.9 Å². The van der Waals surface area contributed by atoms with Crippen molar-refractivity contribution in [2.75, 3.05) is 0 Å². The van der Waals surface area contributed by atoms with E-state index in [-0.39, 0.29) is 42.1 Å². The second-order valence-electron chi connectivity index (χ2n) is 7.71. The lowest BCUT2D eigenvalue weighted by Crippen LogP contribution is -2.44. The Kier molecular flexibility index (Phi) is 4.01. The molecule has 1 aromatic heterocycles. The third-order valence-corrected chi connectivity index (χ3v) is 6.22. The van der Waals surface area contributed by atoms with Gasteiger partial charge in [0.1, 0.15) is 18.0 Å². The molecule has 0 unspecified atom stereocenters. The molecule has 0 amide bonds. The normalized spacial score (nSPS) is 36.3. The number of cyclic esters (lactones) is 2. The van der Waals surface area contributed by atoms with Crippen molar-refractivity contribution in [1.29, 1.82) is 0 Å². The number of rotatable bonds is 4. The summed E-state index contributed by atoms with van der Waals surface area (Å²) in [5.74, 6) is -1.05. The fourth-order valence-electron chi connectivity index (χ4n) is 4.88. The number of allylic oxidation sites excluding steroid dienone is 1. The van der Waals surface area contributed by atoms with Crippen molar-refractivity contribution in [1.82, 2.24) is 0 Å². The molecule has 6 heteroatoms. The number of carbonyl (C=O) groups is 3. The van der Waals surface area contributed by atoms with Gasteiger partial charge in [0.15, 0.2) is 0 Å². The smallest absolute Gasteiger partial charge is 0.334 e. The van der Waals surface area contributed by atoms with Crippen molar-refractivity contribution in [3.05, 3.63) is 35.8 Å². The Morgan fingerprint density at radius 2 is 2.12 bits per heavy atom. The molecule has 26 heavy (non-hydrogen) atoms. The number of hydrogen-bond donors (Lipinski definition) is 0. The molecule has 0 spiro atoms.